The molecular formula is C11H12N2O4. The van der Waals surface area contributed by atoms with Gasteiger partial charge in [-0.05, 0) is 12.1 Å². The van der Waals surface area contributed by atoms with Gasteiger partial charge in [0, 0.05) is 12.6 Å². The minimum atomic E-state index is -0.609. The number of nitro benzene ring substituents is 1. The van der Waals surface area contributed by atoms with Gasteiger partial charge in [0.1, 0.15) is 0 Å². The predicted octanol–water partition coefficient (Wildman–Crippen LogP) is 1.35. The van der Waals surface area contributed by atoms with Crippen LogP contribution in [-0.2, 0) is 4.74 Å². The lowest BCUT2D eigenvalue weighted by atomic mass is 10.1. The van der Waals surface area contributed by atoms with Gasteiger partial charge < -0.3 is 10.5 Å². The summed E-state index contributed by atoms with van der Waals surface area (Å²) in [5, 5.41) is 10.8. The summed E-state index contributed by atoms with van der Waals surface area (Å²) in [6, 6.07) is 4.13. The lowest BCUT2D eigenvalue weighted by Gasteiger charge is -2.01. The fourth-order valence-electron chi connectivity index (χ4n) is 1.28. The molecule has 0 fully saturated rings. The van der Waals surface area contributed by atoms with E-state index < -0.39 is 10.9 Å². The summed E-state index contributed by atoms with van der Waals surface area (Å²) < 4.78 is 4.49. The molecule has 1 aromatic carbocycles. The van der Waals surface area contributed by atoms with Crippen molar-refractivity contribution in [1.29, 1.82) is 0 Å². The first-order valence-electron chi connectivity index (χ1n) is 4.83. The Bertz CT molecular complexity index is 469. The van der Waals surface area contributed by atoms with Gasteiger partial charge in [-0.25, -0.2) is 4.79 Å². The zero-order valence-corrected chi connectivity index (χ0v) is 9.25. The summed E-state index contributed by atoms with van der Waals surface area (Å²) in [6.07, 6.45) is 3.14. The average molecular weight is 236 g/mol. The van der Waals surface area contributed by atoms with E-state index in [2.05, 4.69) is 4.74 Å². The average Bonchev–Trinajstić information content (AvgIpc) is 2.35. The highest BCUT2D eigenvalue weighted by Gasteiger charge is 2.15. The zero-order valence-electron chi connectivity index (χ0n) is 9.25. The van der Waals surface area contributed by atoms with E-state index in [1.54, 1.807) is 12.2 Å². The molecule has 0 saturated carbocycles. The molecule has 6 nitrogen and oxygen atoms in total. The lowest BCUT2D eigenvalue weighted by Crippen LogP contribution is -2.03. The maximum atomic E-state index is 11.2. The summed E-state index contributed by atoms with van der Waals surface area (Å²) in [5.74, 6) is -0.609. The van der Waals surface area contributed by atoms with Crippen molar-refractivity contribution >= 4 is 17.7 Å². The second-order valence-electron chi connectivity index (χ2n) is 3.16. The van der Waals surface area contributed by atoms with Crippen LogP contribution >= 0.6 is 0 Å². The molecule has 0 saturated heterocycles. The summed E-state index contributed by atoms with van der Waals surface area (Å²) in [6.45, 7) is 0.288. The van der Waals surface area contributed by atoms with Gasteiger partial charge in [0.05, 0.1) is 23.2 Å². The van der Waals surface area contributed by atoms with E-state index in [4.69, 9.17) is 5.73 Å². The van der Waals surface area contributed by atoms with E-state index in [0.29, 0.717) is 5.56 Å². The Morgan fingerprint density at radius 3 is 2.82 bits per heavy atom. The van der Waals surface area contributed by atoms with Crippen molar-refractivity contribution in [3.63, 3.8) is 0 Å². The molecule has 17 heavy (non-hydrogen) atoms. The van der Waals surface area contributed by atoms with Crippen LogP contribution < -0.4 is 5.73 Å². The van der Waals surface area contributed by atoms with E-state index in [0.717, 1.165) is 0 Å². The van der Waals surface area contributed by atoms with Gasteiger partial charge in [-0.2, -0.15) is 0 Å². The Morgan fingerprint density at radius 1 is 1.59 bits per heavy atom. The van der Waals surface area contributed by atoms with E-state index in [1.165, 1.54) is 25.3 Å². The van der Waals surface area contributed by atoms with Crippen LogP contribution in [0.2, 0.25) is 0 Å². The quantitative estimate of drug-likeness (QED) is 0.483. The number of nitro groups is 1. The van der Waals surface area contributed by atoms with Crippen LogP contribution in [0.3, 0.4) is 0 Å². The molecule has 6 heteroatoms. The topological polar surface area (TPSA) is 95.5 Å². The monoisotopic (exact) mass is 236 g/mol. The van der Waals surface area contributed by atoms with Gasteiger partial charge in [0.25, 0.3) is 5.69 Å². The number of carbonyl (C=O) groups is 1. The summed E-state index contributed by atoms with van der Waals surface area (Å²) >= 11 is 0. The molecule has 0 aliphatic carbocycles. The van der Waals surface area contributed by atoms with Gasteiger partial charge in [-0.3, -0.25) is 10.1 Å². The Morgan fingerprint density at radius 2 is 2.29 bits per heavy atom. The molecule has 0 unspecified atom stereocenters. The largest absolute Gasteiger partial charge is 0.465 e. The van der Waals surface area contributed by atoms with Crippen LogP contribution in [0.1, 0.15) is 15.9 Å². The summed E-state index contributed by atoms with van der Waals surface area (Å²) in [7, 11) is 1.22. The van der Waals surface area contributed by atoms with Crippen molar-refractivity contribution in [3.05, 3.63) is 45.5 Å². The van der Waals surface area contributed by atoms with Crippen LogP contribution in [0.5, 0.6) is 0 Å². The van der Waals surface area contributed by atoms with E-state index in [1.807, 2.05) is 0 Å². The van der Waals surface area contributed by atoms with Gasteiger partial charge in [0.15, 0.2) is 0 Å². The first-order valence-corrected chi connectivity index (χ1v) is 4.83. The summed E-state index contributed by atoms with van der Waals surface area (Å²) in [4.78, 5) is 21.5. The van der Waals surface area contributed by atoms with Gasteiger partial charge in [-0.15, -0.1) is 0 Å². The molecule has 2 N–H and O–H groups in total. The molecule has 0 aliphatic rings. The van der Waals surface area contributed by atoms with E-state index in [-0.39, 0.29) is 17.8 Å². The molecular weight excluding hydrogens is 224 g/mol. The number of nitrogens with zero attached hydrogens (tertiary/aromatic N) is 1. The fraction of sp³-hybridized carbons (Fsp3) is 0.182. The zero-order chi connectivity index (χ0) is 12.8. The molecule has 0 radical (unpaired) electrons. The minimum absolute atomic E-state index is 0.143. The molecule has 0 aromatic heterocycles. The molecule has 1 aromatic rings. The molecule has 0 aliphatic heterocycles. The second-order valence-corrected chi connectivity index (χ2v) is 3.16. The van der Waals surface area contributed by atoms with Crippen LogP contribution in [0.15, 0.2) is 24.3 Å². The van der Waals surface area contributed by atoms with Crippen LogP contribution in [0.4, 0.5) is 5.69 Å². The summed E-state index contributed by atoms with van der Waals surface area (Å²) in [5.41, 5.74) is 5.66. The smallest absolute Gasteiger partial charge is 0.338 e. The van der Waals surface area contributed by atoms with Crippen molar-refractivity contribution in [2.24, 2.45) is 5.73 Å². The normalized spacial score (nSPS) is 10.5. The highest BCUT2D eigenvalue weighted by atomic mass is 16.6. The number of carbonyl (C=O) groups excluding carboxylic acids is 1. The highest BCUT2D eigenvalue weighted by Crippen LogP contribution is 2.22. The molecule has 0 spiro atoms. The minimum Gasteiger partial charge on any atom is -0.465 e. The number of ether oxygens (including phenoxy) is 1. The van der Waals surface area contributed by atoms with Crippen LogP contribution in [-0.4, -0.2) is 24.5 Å². The maximum Gasteiger partial charge on any atom is 0.338 e. The number of rotatable bonds is 4. The van der Waals surface area contributed by atoms with Gasteiger partial charge in [-0.1, -0.05) is 12.2 Å². The third-order valence-electron chi connectivity index (χ3n) is 2.08. The van der Waals surface area contributed by atoms with Crippen molar-refractivity contribution in [2.45, 2.75) is 0 Å². The second kappa shape index (κ2) is 5.76. The molecule has 0 amide bonds. The molecule has 1 rings (SSSR count). The third-order valence-corrected chi connectivity index (χ3v) is 2.08. The Kier molecular flexibility index (Phi) is 4.36. The maximum absolute atomic E-state index is 11.2. The first-order chi connectivity index (χ1) is 8.10. The fourth-order valence-corrected chi connectivity index (χ4v) is 1.28. The molecule has 0 bridgehead atoms. The SMILES string of the molecule is COC(=O)c1ccc(C=CCN)c([N+](=O)[O-])c1. The Hall–Kier alpha value is -2.21. The standard InChI is InChI=1S/C11H12N2O4/c1-17-11(14)9-5-4-8(3-2-6-12)10(7-9)13(15)16/h2-5,7H,6,12H2,1H3. The van der Waals surface area contributed by atoms with E-state index >= 15 is 0 Å². The van der Waals surface area contributed by atoms with Crippen molar-refractivity contribution in [3.8, 4) is 0 Å². The lowest BCUT2D eigenvalue weighted by molar-refractivity contribution is -0.385. The molecule has 0 heterocycles. The van der Waals surface area contributed by atoms with Crippen LogP contribution in [0, 0.1) is 10.1 Å². The van der Waals surface area contributed by atoms with Gasteiger partial charge in [0.2, 0.25) is 0 Å². The number of hydrogen-bond acceptors (Lipinski definition) is 5. The third kappa shape index (κ3) is 3.12. The number of benzene rings is 1. The number of methoxy groups -OCH3 is 1. The van der Waals surface area contributed by atoms with Crippen LogP contribution in [0.25, 0.3) is 6.08 Å². The molecule has 0 atom stereocenters. The van der Waals surface area contributed by atoms with Gasteiger partial charge >= 0.3 is 5.97 Å². The Balaban J connectivity index is 3.22. The number of hydrogen-bond donors (Lipinski definition) is 1. The number of nitrogens with two attached hydrogens (primary N) is 1. The van der Waals surface area contributed by atoms with E-state index in [9.17, 15) is 14.9 Å². The first kappa shape index (κ1) is 12.9. The number of esters is 1. The van der Waals surface area contributed by atoms with Crippen molar-refractivity contribution < 1.29 is 14.5 Å². The van der Waals surface area contributed by atoms with Crippen molar-refractivity contribution in [1.82, 2.24) is 0 Å². The molecule has 90 valence electrons. The van der Waals surface area contributed by atoms with Crippen molar-refractivity contribution in [2.75, 3.05) is 13.7 Å². The Labute approximate surface area is 97.8 Å². The predicted molar refractivity (Wildman–Crippen MR) is 62.5 cm³/mol. The highest BCUT2D eigenvalue weighted by molar-refractivity contribution is 5.90.